The molecule has 1 aliphatic carbocycles. The van der Waals surface area contributed by atoms with Crippen LogP contribution >= 0.6 is 23.2 Å². The number of nitrogens with zero attached hydrogens (tertiary/aromatic N) is 1. The third kappa shape index (κ3) is 2.97. The highest BCUT2D eigenvalue weighted by Gasteiger charge is 2.34. The van der Waals surface area contributed by atoms with Crippen molar-refractivity contribution >= 4 is 29.1 Å². The molecule has 0 aliphatic heterocycles. The highest BCUT2D eigenvalue weighted by molar-refractivity contribution is 6.42. The van der Waals surface area contributed by atoms with Crippen molar-refractivity contribution in [3.63, 3.8) is 0 Å². The minimum Gasteiger partial charge on any atom is -0.334 e. The van der Waals surface area contributed by atoms with E-state index in [4.69, 9.17) is 28.9 Å². The Morgan fingerprint density at radius 1 is 1.50 bits per heavy atom. The quantitative estimate of drug-likeness (QED) is 0.925. The second kappa shape index (κ2) is 5.47. The van der Waals surface area contributed by atoms with Gasteiger partial charge in [-0.3, -0.25) is 4.79 Å². The second-order valence-electron chi connectivity index (χ2n) is 4.70. The van der Waals surface area contributed by atoms with Gasteiger partial charge in [-0.15, -0.1) is 0 Å². The van der Waals surface area contributed by atoms with Gasteiger partial charge < -0.3 is 10.6 Å². The van der Waals surface area contributed by atoms with E-state index in [0.29, 0.717) is 22.6 Å². The van der Waals surface area contributed by atoms with Crippen LogP contribution in [0.2, 0.25) is 10.0 Å². The number of benzene rings is 1. The van der Waals surface area contributed by atoms with Gasteiger partial charge in [-0.1, -0.05) is 35.3 Å². The molecule has 1 atom stereocenters. The predicted molar refractivity (Wildman–Crippen MR) is 73.7 cm³/mol. The molecular formula is C13H16Cl2N2O. The first kappa shape index (κ1) is 13.7. The molecule has 1 aliphatic rings. The van der Waals surface area contributed by atoms with Crippen LogP contribution < -0.4 is 5.73 Å². The van der Waals surface area contributed by atoms with Crippen LogP contribution in [0.25, 0.3) is 0 Å². The molecule has 0 radical (unpaired) electrons. The molecule has 0 bridgehead atoms. The number of carbonyl (C=O) groups excluding carboxylic acids is 1. The summed E-state index contributed by atoms with van der Waals surface area (Å²) in [6.07, 6.45) is 2.08. The van der Waals surface area contributed by atoms with E-state index in [2.05, 4.69) is 0 Å². The maximum Gasteiger partial charge on any atom is 0.239 e. The van der Waals surface area contributed by atoms with Gasteiger partial charge in [-0.05, 0) is 31.4 Å². The summed E-state index contributed by atoms with van der Waals surface area (Å²) in [5, 5.41) is 1.03. The fourth-order valence-corrected chi connectivity index (χ4v) is 2.27. The first-order valence-electron chi connectivity index (χ1n) is 5.99. The zero-order chi connectivity index (χ0) is 13.3. The lowest BCUT2D eigenvalue weighted by molar-refractivity contribution is -0.133. The molecule has 0 heterocycles. The summed E-state index contributed by atoms with van der Waals surface area (Å²) in [7, 11) is 0. The lowest BCUT2D eigenvalue weighted by Gasteiger charge is -2.25. The van der Waals surface area contributed by atoms with Gasteiger partial charge in [0.05, 0.1) is 16.1 Å². The van der Waals surface area contributed by atoms with Crippen LogP contribution in [-0.4, -0.2) is 22.9 Å². The Balaban J connectivity index is 2.19. The van der Waals surface area contributed by atoms with E-state index in [9.17, 15) is 4.79 Å². The largest absolute Gasteiger partial charge is 0.334 e. The zero-order valence-corrected chi connectivity index (χ0v) is 11.7. The van der Waals surface area contributed by atoms with Crippen LogP contribution in [0, 0.1) is 0 Å². The predicted octanol–water partition coefficient (Wildman–Crippen LogP) is 2.83. The van der Waals surface area contributed by atoms with Gasteiger partial charge in [-0.2, -0.15) is 0 Å². The number of nitrogens with two attached hydrogens (primary N) is 1. The first-order chi connectivity index (χ1) is 8.50. The summed E-state index contributed by atoms with van der Waals surface area (Å²) in [6.45, 7) is 2.18. The molecule has 0 unspecified atom stereocenters. The smallest absolute Gasteiger partial charge is 0.239 e. The van der Waals surface area contributed by atoms with Gasteiger partial charge in [0.25, 0.3) is 0 Å². The van der Waals surface area contributed by atoms with Crippen molar-refractivity contribution in [2.75, 3.05) is 0 Å². The fourth-order valence-electron chi connectivity index (χ4n) is 1.89. The molecule has 1 saturated carbocycles. The van der Waals surface area contributed by atoms with Gasteiger partial charge in [0.1, 0.15) is 0 Å². The molecule has 1 aromatic rings. The highest BCUT2D eigenvalue weighted by atomic mass is 35.5. The van der Waals surface area contributed by atoms with E-state index in [1.165, 1.54) is 0 Å². The summed E-state index contributed by atoms with van der Waals surface area (Å²) < 4.78 is 0. The Bertz CT molecular complexity index is 458. The van der Waals surface area contributed by atoms with Crippen LogP contribution in [0.1, 0.15) is 25.3 Å². The molecule has 0 saturated heterocycles. The lowest BCUT2D eigenvalue weighted by atomic mass is 10.2. The average Bonchev–Trinajstić information content (AvgIpc) is 3.14. The number of rotatable bonds is 4. The maximum absolute atomic E-state index is 12.0. The minimum absolute atomic E-state index is 0.0338. The number of carbonyl (C=O) groups is 1. The minimum atomic E-state index is -0.483. The van der Waals surface area contributed by atoms with Crippen molar-refractivity contribution < 1.29 is 4.79 Å². The van der Waals surface area contributed by atoms with E-state index in [0.717, 1.165) is 18.4 Å². The van der Waals surface area contributed by atoms with E-state index < -0.39 is 6.04 Å². The van der Waals surface area contributed by atoms with Crippen LogP contribution in [-0.2, 0) is 11.3 Å². The molecule has 2 rings (SSSR count). The first-order valence-corrected chi connectivity index (χ1v) is 6.75. The van der Waals surface area contributed by atoms with E-state index in [1.807, 2.05) is 17.0 Å². The van der Waals surface area contributed by atoms with Crippen LogP contribution in [0.5, 0.6) is 0 Å². The summed E-state index contributed by atoms with van der Waals surface area (Å²) >= 11 is 12.1. The third-order valence-corrected chi connectivity index (χ3v) is 3.89. The molecule has 2 N–H and O–H groups in total. The standard InChI is InChI=1S/C13H16Cl2N2O/c1-8(16)13(18)17(10-5-6-10)7-9-3-2-4-11(14)12(9)15/h2-4,8,10H,5-7,16H2,1H3/t8-/m0/s1. The molecule has 1 amide bonds. The summed E-state index contributed by atoms with van der Waals surface area (Å²) in [5.74, 6) is -0.0338. The Hall–Kier alpha value is -0.770. The molecular weight excluding hydrogens is 271 g/mol. The van der Waals surface area contributed by atoms with Crippen molar-refractivity contribution in [2.24, 2.45) is 5.73 Å². The van der Waals surface area contributed by atoms with E-state index in [1.54, 1.807) is 13.0 Å². The topological polar surface area (TPSA) is 46.3 Å². The van der Waals surface area contributed by atoms with Crippen LogP contribution in [0.3, 0.4) is 0 Å². The van der Waals surface area contributed by atoms with E-state index >= 15 is 0 Å². The number of hydrogen-bond acceptors (Lipinski definition) is 2. The van der Waals surface area contributed by atoms with Gasteiger partial charge in [0, 0.05) is 12.6 Å². The van der Waals surface area contributed by atoms with Gasteiger partial charge in [0.15, 0.2) is 0 Å². The van der Waals surface area contributed by atoms with E-state index in [-0.39, 0.29) is 5.91 Å². The van der Waals surface area contributed by atoms with Crippen molar-refractivity contribution in [1.29, 1.82) is 0 Å². The maximum atomic E-state index is 12.0. The molecule has 5 heteroatoms. The van der Waals surface area contributed by atoms with Gasteiger partial charge in [0.2, 0.25) is 5.91 Å². The molecule has 1 aromatic carbocycles. The molecule has 3 nitrogen and oxygen atoms in total. The third-order valence-electron chi connectivity index (χ3n) is 3.03. The normalized spacial score (nSPS) is 16.4. The summed E-state index contributed by atoms with van der Waals surface area (Å²) in [6, 6.07) is 5.28. The second-order valence-corrected chi connectivity index (χ2v) is 5.48. The van der Waals surface area contributed by atoms with Gasteiger partial charge in [-0.25, -0.2) is 0 Å². The SMILES string of the molecule is C[C@H](N)C(=O)N(Cc1cccc(Cl)c1Cl)C1CC1. The zero-order valence-electron chi connectivity index (χ0n) is 10.2. The van der Waals surface area contributed by atoms with Crippen LogP contribution in [0.4, 0.5) is 0 Å². The monoisotopic (exact) mass is 286 g/mol. The summed E-state index contributed by atoms with van der Waals surface area (Å²) in [4.78, 5) is 13.9. The molecule has 0 aromatic heterocycles. The Labute approximate surface area is 117 Å². The Morgan fingerprint density at radius 2 is 2.17 bits per heavy atom. The number of hydrogen-bond donors (Lipinski definition) is 1. The molecule has 0 spiro atoms. The Morgan fingerprint density at radius 3 is 2.72 bits per heavy atom. The van der Waals surface area contributed by atoms with Crippen molar-refractivity contribution in [3.05, 3.63) is 33.8 Å². The fraction of sp³-hybridized carbons (Fsp3) is 0.462. The lowest BCUT2D eigenvalue weighted by Crippen LogP contribution is -2.42. The molecule has 18 heavy (non-hydrogen) atoms. The van der Waals surface area contributed by atoms with Gasteiger partial charge >= 0.3 is 0 Å². The number of amides is 1. The Kier molecular flexibility index (Phi) is 4.15. The van der Waals surface area contributed by atoms with Crippen molar-refractivity contribution in [2.45, 2.75) is 38.4 Å². The van der Waals surface area contributed by atoms with Crippen molar-refractivity contribution in [1.82, 2.24) is 4.90 Å². The molecule has 1 fully saturated rings. The summed E-state index contributed by atoms with van der Waals surface area (Å²) in [5.41, 5.74) is 6.54. The molecule has 98 valence electrons. The number of halogens is 2. The van der Waals surface area contributed by atoms with Crippen LogP contribution in [0.15, 0.2) is 18.2 Å². The highest BCUT2D eigenvalue weighted by Crippen LogP contribution is 2.32. The van der Waals surface area contributed by atoms with Crippen molar-refractivity contribution in [3.8, 4) is 0 Å². The average molecular weight is 287 g/mol.